The van der Waals surface area contributed by atoms with Crippen LogP contribution in [0.5, 0.6) is 0 Å². The molecule has 10 heteroatoms. The van der Waals surface area contributed by atoms with E-state index in [1.165, 1.54) is 89.5 Å². The molecular weight excluding hydrogens is 544 g/mol. The third-order valence-electron chi connectivity index (χ3n) is 6.57. The van der Waals surface area contributed by atoms with Gasteiger partial charge in [0.15, 0.2) is 0 Å². The topological polar surface area (TPSA) is 109 Å². The summed E-state index contributed by atoms with van der Waals surface area (Å²) in [5, 5.41) is 8.81. The lowest BCUT2D eigenvalue weighted by atomic mass is 10.0. The molecule has 1 aromatic carbocycles. The zero-order valence-electron chi connectivity index (χ0n) is 23.6. The molecule has 0 saturated carbocycles. The molecule has 39 heavy (non-hydrogen) atoms. The lowest BCUT2D eigenvalue weighted by Gasteiger charge is -2.19. The third kappa shape index (κ3) is 19.6. The van der Waals surface area contributed by atoms with Gasteiger partial charge in [-0.1, -0.05) is 115 Å². The van der Waals surface area contributed by atoms with Crippen molar-refractivity contribution in [2.45, 2.75) is 122 Å². The highest BCUT2D eigenvalue weighted by molar-refractivity contribution is 7.46. The van der Waals surface area contributed by atoms with E-state index in [1.54, 1.807) is 0 Å². The minimum absolute atomic E-state index is 0.0157. The van der Waals surface area contributed by atoms with E-state index in [0.29, 0.717) is 12.2 Å². The minimum Gasteiger partial charge on any atom is -0.379 e. The summed E-state index contributed by atoms with van der Waals surface area (Å²) in [6.45, 7) is 2.35. The number of unbranched alkanes of at least 4 members (excludes halogenated alkanes) is 15. The number of hydrogen-bond donors (Lipinski definition) is 2. The molecule has 0 bridgehead atoms. The van der Waals surface area contributed by atoms with Crippen molar-refractivity contribution < 1.29 is 32.7 Å². The van der Waals surface area contributed by atoms with E-state index in [1.807, 2.05) is 6.07 Å². The Morgan fingerprint density at radius 3 is 1.90 bits per heavy atom. The lowest BCUT2D eigenvalue weighted by Crippen LogP contribution is -2.25. The van der Waals surface area contributed by atoms with Crippen LogP contribution in [0, 0.1) is 17.1 Å². The first-order valence-electron chi connectivity index (χ1n) is 14.5. The maximum absolute atomic E-state index is 13.9. The van der Waals surface area contributed by atoms with Gasteiger partial charge >= 0.3 is 7.82 Å². The van der Waals surface area contributed by atoms with E-state index in [0.717, 1.165) is 25.3 Å². The highest BCUT2D eigenvalue weighted by atomic mass is 35.5. The second-order valence-corrected chi connectivity index (χ2v) is 11.8. The molecular formula is C29H48ClFNO6P. The number of ether oxygens (including phenoxy) is 2. The molecule has 0 aliphatic carbocycles. The summed E-state index contributed by atoms with van der Waals surface area (Å²) in [5.74, 6) is -0.739. The Balaban J connectivity index is 2.13. The molecule has 1 rings (SSSR count). The van der Waals surface area contributed by atoms with E-state index in [9.17, 15) is 8.96 Å². The van der Waals surface area contributed by atoms with Crippen molar-refractivity contribution in [3.63, 3.8) is 0 Å². The van der Waals surface area contributed by atoms with Crippen molar-refractivity contribution in [2.75, 3.05) is 19.8 Å². The van der Waals surface area contributed by atoms with Crippen LogP contribution in [0.3, 0.4) is 0 Å². The number of phosphoric acid groups is 1. The van der Waals surface area contributed by atoms with Gasteiger partial charge in [-0.25, -0.2) is 8.96 Å². The maximum atomic E-state index is 13.9. The highest BCUT2D eigenvalue weighted by Crippen LogP contribution is 2.36. The van der Waals surface area contributed by atoms with E-state index < -0.39 is 19.7 Å². The summed E-state index contributed by atoms with van der Waals surface area (Å²) in [6.07, 6.45) is 19.8. The van der Waals surface area contributed by atoms with Crippen LogP contribution < -0.4 is 0 Å². The normalized spacial score (nSPS) is 12.5. The fraction of sp³-hybridized carbons (Fsp3) is 0.759. The van der Waals surface area contributed by atoms with Gasteiger partial charge in [0.05, 0.1) is 30.4 Å². The first-order valence-corrected chi connectivity index (χ1v) is 16.4. The molecule has 1 atom stereocenters. The van der Waals surface area contributed by atoms with Gasteiger partial charge in [-0.15, -0.1) is 0 Å². The van der Waals surface area contributed by atoms with Gasteiger partial charge in [-0.3, -0.25) is 4.52 Å². The Morgan fingerprint density at radius 2 is 1.41 bits per heavy atom. The molecule has 1 aromatic rings. The van der Waals surface area contributed by atoms with Gasteiger partial charge in [0.2, 0.25) is 0 Å². The molecule has 0 amide bonds. The largest absolute Gasteiger partial charge is 0.469 e. The number of hydrogen-bond acceptors (Lipinski definition) is 5. The van der Waals surface area contributed by atoms with Gasteiger partial charge < -0.3 is 19.3 Å². The van der Waals surface area contributed by atoms with Crippen molar-refractivity contribution in [1.29, 1.82) is 5.26 Å². The molecule has 0 saturated heterocycles. The molecule has 2 N–H and O–H groups in total. The third-order valence-corrected chi connectivity index (χ3v) is 7.44. The molecule has 0 aromatic heterocycles. The second kappa shape index (κ2) is 22.6. The molecule has 0 spiro atoms. The molecule has 0 aliphatic heterocycles. The Kier molecular flexibility index (Phi) is 20.9. The summed E-state index contributed by atoms with van der Waals surface area (Å²) in [5.41, 5.74) is 0.352. The number of halogens is 2. The van der Waals surface area contributed by atoms with Crippen LogP contribution in [0.2, 0.25) is 5.02 Å². The monoisotopic (exact) mass is 591 g/mol. The van der Waals surface area contributed by atoms with Crippen molar-refractivity contribution in [2.24, 2.45) is 0 Å². The van der Waals surface area contributed by atoms with E-state index in [-0.39, 0.29) is 30.4 Å². The molecule has 0 fully saturated rings. The maximum Gasteiger partial charge on any atom is 0.469 e. The standard InChI is InChI=1S/C29H48ClFNO6P/c1-2-3-4-5-6-7-8-9-10-11-12-13-14-15-16-17-18-36-23-27(24-38-39(33,34)35)37-22-25-19-26(21-32)29(30)28(31)20-25/h19-20,27H,2-18,22-24H2,1H3,(H2,33,34,35). The van der Waals surface area contributed by atoms with E-state index in [2.05, 4.69) is 11.4 Å². The average Bonchev–Trinajstić information content (AvgIpc) is 2.90. The van der Waals surface area contributed by atoms with Crippen LogP contribution >= 0.6 is 19.4 Å². The zero-order chi connectivity index (χ0) is 28.8. The summed E-state index contributed by atoms with van der Waals surface area (Å²) >= 11 is 5.75. The molecule has 0 heterocycles. The first-order chi connectivity index (χ1) is 18.8. The predicted octanol–water partition coefficient (Wildman–Crippen LogP) is 8.62. The van der Waals surface area contributed by atoms with Gasteiger partial charge in [-0.05, 0) is 24.1 Å². The Morgan fingerprint density at radius 1 is 0.897 bits per heavy atom. The van der Waals surface area contributed by atoms with Crippen molar-refractivity contribution >= 4 is 19.4 Å². The number of rotatable bonds is 25. The number of benzene rings is 1. The van der Waals surface area contributed by atoms with Crippen LogP contribution in [0.4, 0.5) is 4.39 Å². The van der Waals surface area contributed by atoms with Crippen LogP contribution in [0.15, 0.2) is 12.1 Å². The fourth-order valence-corrected chi connectivity index (χ4v) is 4.83. The number of phosphoric ester groups is 1. The van der Waals surface area contributed by atoms with Crippen LogP contribution in [-0.4, -0.2) is 35.7 Å². The summed E-state index contributed by atoms with van der Waals surface area (Å²) < 4.78 is 40.9. The SMILES string of the molecule is CCCCCCCCCCCCCCCCCCOCC(COP(=O)(O)O)OCc1cc(F)c(Cl)c(C#N)c1. The van der Waals surface area contributed by atoms with Crippen LogP contribution in [0.25, 0.3) is 0 Å². The van der Waals surface area contributed by atoms with Gasteiger partial charge in [0.25, 0.3) is 0 Å². The van der Waals surface area contributed by atoms with Crippen LogP contribution in [-0.2, 0) is 25.2 Å². The summed E-state index contributed by atoms with van der Waals surface area (Å²) in [7, 11) is -4.68. The quantitative estimate of drug-likeness (QED) is 0.0865. The molecule has 224 valence electrons. The van der Waals surface area contributed by atoms with Crippen LogP contribution in [0.1, 0.15) is 121 Å². The van der Waals surface area contributed by atoms with Gasteiger partial charge in [0, 0.05) is 6.61 Å². The van der Waals surface area contributed by atoms with E-state index in [4.69, 9.17) is 36.1 Å². The first kappa shape index (κ1) is 36.0. The lowest BCUT2D eigenvalue weighted by molar-refractivity contribution is -0.0493. The highest BCUT2D eigenvalue weighted by Gasteiger charge is 2.20. The molecule has 0 aliphatic rings. The van der Waals surface area contributed by atoms with Crippen molar-refractivity contribution in [3.8, 4) is 6.07 Å². The van der Waals surface area contributed by atoms with Crippen molar-refractivity contribution in [3.05, 3.63) is 34.1 Å². The smallest absolute Gasteiger partial charge is 0.379 e. The van der Waals surface area contributed by atoms with E-state index >= 15 is 0 Å². The van der Waals surface area contributed by atoms with Gasteiger partial charge in [0.1, 0.15) is 18.0 Å². The average molecular weight is 592 g/mol. The Hall–Kier alpha value is -1.04. The zero-order valence-corrected chi connectivity index (χ0v) is 25.2. The predicted molar refractivity (Wildman–Crippen MR) is 153 cm³/mol. The Bertz CT molecular complexity index is 863. The second-order valence-electron chi connectivity index (χ2n) is 10.1. The van der Waals surface area contributed by atoms with Gasteiger partial charge in [-0.2, -0.15) is 5.26 Å². The minimum atomic E-state index is -4.68. The van der Waals surface area contributed by atoms with Crippen molar-refractivity contribution in [1.82, 2.24) is 0 Å². The molecule has 1 unspecified atom stereocenters. The Labute approximate surface area is 239 Å². The summed E-state index contributed by atoms with van der Waals surface area (Å²) in [6, 6.07) is 4.38. The number of nitrogens with zero attached hydrogens (tertiary/aromatic N) is 1. The molecule has 0 radical (unpaired) electrons. The molecule has 7 nitrogen and oxygen atoms in total. The fourth-order valence-electron chi connectivity index (χ4n) is 4.32. The number of nitriles is 1. The summed E-state index contributed by atoms with van der Waals surface area (Å²) in [4.78, 5) is 18.0.